The molecule has 3 nitrogen and oxygen atoms in total. The highest BCUT2D eigenvalue weighted by Gasteiger charge is 2.11. The maximum atomic E-state index is 5.83. The van der Waals surface area contributed by atoms with E-state index < -0.39 is 0 Å². The molecule has 0 amide bonds. The molecule has 23 heavy (non-hydrogen) atoms. The van der Waals surface area contributed by atoms with Crippen molar-refractivity contribution in [2.45, 2.75) is 6.92 Å². The molecular weight excluding hydrogens is 326 g/mol. The van der Waals surface area contributed by atoms with Crippen molar-refractivity contribution in [1.82, 2.24) is 4.98 Å². The molecule has 114 valence electrons. The van der Waals surface area contributed by atoms with Crippen LogP contribution in [0.4, 0.5) is 0 Å². The molecule has 0 unspecified atom stereocenters. The highest BCUT2D eigenvalue weighted by atomic mass is 32.1. The second-order valence-corrected chi connectivity index (χ2v) is 6.47. The highest BCUT2D eigenvalue weighted by Crippen LogP contribution is 2.33. The van der Waals surface area contributed by atoms with E-state index in [0.29, 0.717) is 11.3 Å². The number of fused-ring (bicyclic) bond motifs is 2. The van der Waals surface area contributed by atoms with Crippen molar-refractivity contribution in [3.8, 4) is 16.3 Å². The molecule has 0 saturated heterocycles. The molecule has 0 saturated carbocycles. The third-order valence-corrected chi connectivity index (χ3v) is 4.92. The SMILES string of the molecule is CCOc1ccc2cc(-c3nc4ccccc4s3)c(=S)oc2c1. The Kier molecular flexibility index (Phi) is 3.59. The molecule has 4 rings (SSSR count). The van der Waals surface area contributed by atoms with E-state index in [0.717, 1.165) is 37.5 Å². The van der Waals surface area contributed by atoms with E-state index >= 15 is 0 Å². The zero-order valence-electron chi connectivity index (χ0n) is 12.4. The van der Waals surface area contributed by atoms with Crippen LogP contribution >= 0.6 is 23.6 Å². The van der Waals surface area contributed by atoms with Gasteiger partial charge in [-0.05, 0) is 49.5 Å². The first-order valence-electron chi connectivity index (χ1n) is 7.31. The Hall–Kier alpha value is -2.24. The number of aromatic nitrogens is 1. The summed E-state index contributed by atoms with van der Waals surface area (Å²) in [6, 6.07) is 15.9. The second-order valence-electron chi connectivity index (χ2n) is 5.07. The standard InChI is InChI=1S/C18H13NO2S2/c1-2-20-12-8-7-11-9-13(18(22)21-15(11)10-12)17-19-14-5-3-4-6-16(14)23-17/h3-10H,2H2,1H3. The van der Waals surface area contributed by atoms with Crippen LogP contribution in [0.2, 0.25) is 0 Å². The van der Waals surface area contributed by atoms with Gasteiger partial charge in [0, 0.05) is 11.5 Å². The Balaban J connectivity index is 1.88. The van der Waals surface area contributed by atoms with Gasteiger partial charge in [0.15, 0.2) is 0 Å². The van der Waals surface area contributed by atoms with Crippen molar-refractivity contribution in [1.29, 1.82) is 0 Å². The van der Waals surface area contributed by atoms with Crippen LogP contribution in [0.25, 0.3) is 31.8 Å². The fourth-order valence-corrected chi connectivity index (χ4v) is 3.77. The normalized spacial score (nSPS) is 11.2. The van der Waals surface area contributed by atoms with E-state index in [4.69, 9.17) is 21.4 Å². The first kappa shape index (κ1) is 14.4. The summed E-state index contributed by atoms with van der Waals surface area (Å²) in [7, 11) is 0. The molecule has 0 aliphatic carbocycles. The van der Waals surface area contributed by atoms with Gasteiger partial charge in [-0.25, -0.2) is 4.98 Å². The summed E-state index contributed by atoms with van der Waals surface area (Å²) >= 11 is 7.06. The lowest BCUT2D eigenvalue weighted by molar-refractivity contribution is 0.340. The van der Waals surface area contributed by atoms with Gasteiger partial charge < -0.3 is 9.15 Å². The first-order chi connectivity index (χ1) is 11.2. The summed E-state index contributed by atoms with van der Waals surface area (Å²) in [5.74, 6) is 0.783. The zero-order chi connectivity index (χ0) is 15.8. The van der Waals surface area contributed by atoms with Gasteiger partial charge >= 0.3 is 0 Å². The maximum absolute atomic E-state index is 5.83. The Morgan fingerprint density at radius 2 is 2.04 bits per heavy atom. The third kappa shape index (κ3) is 2.62. The summed E-state index contributed by atoms with van der Waals surface area (Å²) < 4.78 is 12.9. The van der Waals surface area contributed by atoms with E-state index in [2.05, 4.69) is 11.1 Å². The average molecular weight is 339 g/mol. The number of hydrogen-bond acceptors (Lipinski definition) is 5. The van der Waals surface area contributed by atoms with Crippen LogP contribution in [0.5, 0.6) is 5.75 Å². The summed E-state index contributed by atoms with van der Waals surface area (Å²) in [4.78, 5) is 4.66. The van der Waals surface area contributed by atoms with Crippen LogP contribution in [-0.4, -0.2) is 11.6 Å². The minimum absolute atomic E-state index is 0.449. The molecule has 2 aromatic heterocycles. The monoisotopic (exact) mass is 339 g/mol. The zero-order valence-corrected chi connectivity index (χ0v) is 14.0. The number of hydrogen-bond donors (Lipinski definition) is 0. The third-order valence-electron chi connectivity index (χ3n) is 3.54. The van der Waals surface area contributed by atoms with Crippen molar-refractivity contribution in [3.63, 3.8) is 0 Å². The smallest absolute Gasteiger partial charge is 0.201 e. The molecule has 0 aliphatic heterocycles. The molecule has 0 aliphatic rings. The van der Waals surface area contributed by atoms with Crippen LogP contribution < -0.4 is 4.74 Å². The fourth-order valence-electron chi connectivity index (χ4n) is 2.48. The van der Waals surface area contributed by atoms with E-state index in [1.54, 1.807) is 11.3 Å². The molecule has 0 spiro atoms. The highest BCUT2D eigenvalue weighted by molar-refractivity contribution is 7.71. The molecule has 0 atom stereocenters. The van der Waals surface area contributed by atoms with Gasteiger partial charge in [-0.1, -0.05) is 12.1 Å². The lowest BCUT2D eigenvalue weighted by Gasteiger charge is -2.05. The summed E-state index contributed by atoms with van der Waals surface area (Å²) in [6.45, 7) is 2.58. The Labute approximate surface area is 142 Å². The summed E-state index contributed by atoms with van der Waals surface area (Å²) in [5, 5.41) is 1.87. The molecule has 2 heterocycles. The number of rotatable bonds is 3. The Morgan fingerprint density at radius 3 is 2.87 bits per heavy atom. The molecule has 5 heteroatoms. The number of thiazole rings is 1. The number of para-hydroxylation sites is 1. The first-order valence-corrected chi connectivity index (χ1v) is 8.54. The van der Waals surface area contributed by atoms with Gasteiger partial charge in [0.1, 0.15) is 16.3 Å². The molecule has 0 fully saturated rings. The lowest BCUT2D eigenvalue weighted by Crippen LogP contribution is -1.90. The van der Waals surface area contributed by atoms with Gasteiger partial charge in [-0.2, -0.15) is 0 Å². The van der Waals surface area contributed by atoms with Crippen LogP contribution in [0.3, 0.4) is 0 Å². The molecular formula is C18H13NO2S2. The van der Waals surface area contributed by atoms with E-state index in [-0.39, 0.29) is 0 Å². The predicted octanol–water partition coefficient (Wildman–Crippen LogP) is 5.84. The molecule has 4 aromatic rings. The van der Waals surface area contributed by atoms with Gasteiger partial charge in [-0.3, -0.25) is 0 Å². The molecule has 0 radical (unpaired) electrons. The summed E-state index contributed by atoms with van der Waals surface area (Å²) in [6.07, 6.45) is 0. The van der Waals surface area contributed by atoms with Crippen molar-refractivity contribution in [2.75, 3.05) is 6.61 Å². The Morgan fingerprint density at radius 1 is 1.17 bits per heavy atom. The number of nitrogens with zero attached hydrogens (tertiary/aromatic N) is 1. The van der Waals surface area contributed by atoms with Crippen molar-refractivity contribution >= 4 is 44.7 Å². The molecule has 0 bridgehead atoms. The van der Waals surface area contributed by atoms with Gasteiger partial charge in [0.05, 0.1) is 22.4 Å². The van der Waals surface area contributed by atoms with Crippen LogP contribution in [0.1, 0.15) is 6.92 Å². The topological polar surface area (TPSA) is 35.3 Å². The lowest BCUT2D eigenvalue weighted by atomic mass is 10.2. The molecule has 0 N–H and O–H groups in total. The quantitative estimate of drug-likeness (QED) is 0.439. The number of benzene rings is 2. The van der Waals surface area contributed by atoms with Gasteiger partial charge in [0.25, 0.3) is 0 Å². The Bertz CT molecular complexity index is 1030. The van der Waals surface area contributed by atoms with Crippen LogP contribution in [-0.2, 0) is 0 Å². The van der Waals surface area contributed by atoms with Gasteiger partial charge in [-0.15, -0.1) is 11.3 Å². The second kappa shape index (κ2) is 5.76. The fraction of sp³-hybridized carbons (Fsp3) is 0.111. The average Bonchev–Trinajstić information content (AvgIpc) is 2.98. The largest absolute Gasteiger partial charge is 0.494 e. The van der Waals surface area contributed by atoms with Crippen molar-refractivity contribution in [3.05, 3.63) is 53.2 Å². The van der Waals surface area contributed by atoms with Crippen LogP contribution in [0, 0.1) is 4.71 Å². The minimum Gasteiger partial charge on any atom is -0.494 e. The van der Waals surface area contributed by atoms with E-state index in [1.807, 2.05) is 49.4 Å². The predicted molar refractivity (Wildman–Crippen MR) is 96.8 cm³/mol. The van der Waals surface area contributed by atoms with E-state index in [1.165, 1.54) is 0 Å². The number of ether oxygens (including phenoxy) is 1. The van der Waals surface area contributed by atoms with Crippen LogP contribution in [0.15, 0.2) is 52.9 Å². The molecule has 2 aromatic carbocycles. The minimum atomic E-state index is 0.449. The van der Waals surface area contributed by atoms with E-state index in [9.17, 15) is 0 Å². The summed E-state index contributed by atoms with van der Waals surface area (Å²) in [5.41, 5.74) is 2.57. The maximum Gasteiger partial charge on any atom is 0.201 e. The van der Waals surface area contributed by atoms with Gasteiger partial charge in [0.2, 0.25) is 4.71 Å². The van der Waals surface area contributed by atoms with Crippen molar-refractivity contribution in [2.24, 2.45) is 0 Å². The van der Waals surface area contributed by atoms with Crippen molar-refractivity contribution < 1.29 is 9.15 Å².